The van der Waals surface area contributed by atoms with Gasteiger partial charge in [-0.05, 0) is 72.9 Å². The predicted octanol–water partition coefficient (Wildman–Crippen LogP) is 7.53. The molecule has 0 amide bonds. The Morgan fingerprint density at radius 2 is 1.76 bits per heavy atom. The molecule has 2 aromatic rings. The lowest BCUT2D eigenvalue weighted by Crippen LogP contribution is -2.29. The minimum atomic E-state index is 0. The molecule has 0 unspecified atom stereocenters. The fourth-order valence-corrected chi connectivity index (χ4v) is 5.16. The first-order chi connectivity index (χ1) is 13.8. The highest BCUT2D eigenvalue weighted by Gasteiger charge is 2.18. The summed E-state index contributed by atoms with van der Waals surface area (Å²) in [6.07, 6.45) is 12.6. The highest BCUT2D eigenvalue weighted by atomic mass is 35.5. The van der Waals surface area contributed by atoms with E-state index in [1.54, 1.807) is 0 Å². The molecule has 4 rings (SSSR count). The predicted molar refractivity (Wildman–Crippen MR) is 128 cm³/mol. The number of benzene rings is 2. The van der Waals surface area contributed by atoms with Gasteiger partial charge in [0.05, 0.1) is 0 Å². The Labute approximate surface area is 187 Å². The van der Waals surface area contributed by atoms with Crippen molar-refractivity contribution in [1.29, 1.82) is 0 Å². The lowest BCUT2D eigenvalue weighted by atomic mass is 9.84. The summed E-state index contributed by atoms with van der Waals surface area (Å²) in [5.74, 6) is 0.689. The first kappa shape index (κ1) is 22.4. The van der Waals surface area contributed by atoms with Crippen LogP contribution in [0.15, 0.2) is 54.6 Å². The lowest BCUT2D eigenvalue weighted by Gasteiger charge is -2.26. The molecule has 0 N–H and O–H groups in total. The fraction of sp³-hybridized carbons (Fsp3) is 0.462. The lowest BCUT2D eigenvalue weighted by molar-refractivity contribution is 0.298. The number of aryl methyl sites for hydroxylation is 1. The molecule has 2 aromatic carbocycles. The Balaban J connectivity index is 0.00000240. The van der Waals surface area contributed by atoms with E-state index in [9.17, 15) is 0 Å². The van der Waals surface area contributed by atoms with Crippen LogP contribution in [0.25, 0.3) is 5.57 Å². The summed E-state index contributed by atoms with van der Waals surface area (Å²) < 4.78 is 0. The Bertz CT molecular complexity index is 794. The average molecular weight is 430 g/mol. The maximum atomic E-state index is 6.65. The van der Waals surface area contributed by atoms with Gasteiger partial charge in [-0.25, -0.2) is 0 Å². The number of nitrogens with zero attached hydrogens (tertiary/aromatic N) is 1. The van der Waals surface area contributed by atoms with E-state index < -0.39 is 0 Å². The van der Waals surface area contributed by atoms with Gasteiger partial charge < -0.3 is 0 Å². The molecule has 3 heteroatoms. The van der Waals surface area contributed by atoms with Crippen LogP contribution in [0.5, 0.6) is 0 Å². The Morgan fingerprint density at radius 1 is 0.966 bits per heavy atom. The number of hydrogen-bond donors (Lipinski definition) is 0. The largest absolute Gasteiger partial charge is 0.299 e. The van der Waals surface area contributed by atoms with E-state index in [-0.39, 0.29) is 12.4 Å². The summed E-state index contributed by atoms with van der Waals surface area (Å²) in [5, 5.41) is 0.998. The SMILES string of the molecule is Cl.Clc1cc(CCCN2CC=C(c3ccccc3)CC2)ccc1C1CCCCC1. The molecule has 0 saturated heterocycles. The summed E-state index contributed by atoms with van der Waals surface area (Å²) in [5.41, 5.74) is 5.67. The Hall–Kier alpha value is -1.28. The van der Waals surface area contributed by atoms with Crippen LogP contribution in [-0.2, 0) is 6.42 Å². The first-order valence-electron chi connectivity index (χ1n) is 11.0. The molecule has 2 aliphatic rings. The summed E-state index contributed by atoms with van der Waals surface area (Å²) in [4.78, 5) is 2.57. The van der Waals surface area contributed by atoms with Crippen LogP contribution in [0, 0.1) is 0 Å². The van der Waals surface area contributed by atoms with Crippen LogP contribution in [0.2, 0.25) is 5.02 Å². The molecule has 0 atom stereocenters. The second kappa shape index (κ2) is 11.2. The van der Waals surface area contributed by atoms with E-state index in [4.69, 9.17) is 11.6 Å². The summed E-state index contributed by atoms with van der Waals surface area (Å²) in [6.45, 7) is 3.41. The van der Waals surface area contributed by atoms with E-state index in [1.807, 2.05) is 0 Å². The van der Waals surface area contributed by atoms with Crippen molar-refractivity contribution < 1.29 is 0 Å². The van der Waals surface area contributed by atoms with Crippen molar-refractivity contribution in [2.75, 3.05) is 19.6 Å². The van der Waals surface area contributed by atoms with Gasteiger partial charge in [-0.15, -0.1) is 12.4 Å². The molecule has 0 bridgehead atoms. The maximum absolute atomic E-state index is 6.65. The zero-order valence-electron chi connectivity index (χ0n) is 17.3. The molecule has 1 aliphatic heterocycles. The maximum Gasteiger partial charge on any atom is 0.0443 e. The molecule has 29 heavy (non-hydrogen) atoms. The van der Waals surface area contributed by atoms with Crippen molar-refractivity contribution in [1.82, 2.24) is 4.90 Å². The first-order valence-corrected chi connectivity index (χ1v) is 11.4. The van der Waals surface area contributed by atoms with Gasteiger partial charge in [-0.1, -0.05) is 79.4 Å². The molecular weight excluding hydrogens is 397 g/mol. The van der Waals surface area contributed by atoms with Crippen molar-refractivity contribution >= 4 is 29.6 Å². The molecule has 1 heterocycles. The van der Waals surface area contributed by atoms with Gasteiger partial charge in [0, 0.05) is 18.1 Å². The topological polar surface area (TPSA) is 3.24 Å². The van der Waals surface area contributed by atoms with Crippen molar-refractivity contribution in [2.45, 2.75) is 57.3 Å². The average Bonchev–Trinajstić information content (AvgIpc) is 2.76. The van der Waals surface area contributed by atoms with E-state index in [0.29, 0.717) is 5.92 Å². The van der Waals surface area contributed by atoms with Gasteiger partial charge in [0.2, 0.25) is 0 Å². The van der Waals surface area contributed by atoms with Crippen molar-refractivity contribution in [3.8, 4) is 0 Å². The van der Waals surface area contributed by atoms with Crippen LogP contribution in [0.3, 0.4) is 0 Å². The standard InChI is InChI=1S/C26H32ClN.ClH/c27-26-20-21(13-14-25(26)24-11-5-2-6-12-24)8-7-17-28-18-15-23(16-19-28)22-9-3-1-4-10-22;/h1,3-4,9-10,13-15,20,24H,2,5-8,11-12,16-19H2;1H. The van der Waals surface area contributed by atoms with Crippen molar-refractivity contribution in [3.05, 3.63) is 76.3 Å². The third kappa shape index (κ3) is 6.10. The number of halogens is 2. The van der Waals surface area contributed by atoms with Crippen LogP contribution in [-0.4, -0.2) is 24.5 Å². The second-order valence-corrected chi connectivity index (χ2v) is 8.85. The Morgan fingerprint density at radius 3 is 2.45 bits per heavy atom. The highest BCUT2D eigenvalue weighted by Crippen LogP contribution is 2.36. The van der Waals surface area contributed by atoms with Gasteiger partial charge in [0.15, 0.2) is 0 Å². The molecule has 156 valence electrons. The van der Waals surface area contributed by atoms with E-state index in [1.165, 1.54) is 73.9 Å². The van der Waals surface area contributed by atoms with Crippen LogP contribution in [0.4, 0.5) is 0 Å². The van der Waals surface area contributed by atoms with Crippen LogP contribution in [0.1, 0.15) is 67.6 Å². The van der Waals surface area contributed by atoms with E-state index in [2.05, 4.69) is 59.5 Å². The minimum absolute atomic E-state index is 0. The third-order valence-electron chi connectivity index (χ3n) is 6.49. The van der Waals surface area contributed by atoms with Gasteiger partial charge >= 0.3 is 0 Å². The normalized spacial score (nSPS) is 18.2. The smallest absolute Gasteiger partial charge is 0.0443 e. The molecule has 0 spiro atoms. The molecule has 1 nitrogen and oxygen atoms in total. The van der Waals surface area contributed by atoms with Crippen molar-refractivity contribution in [2.24, 2.45) is 0 Å². The highest BCUT2D eigenvalue weighted by molar-refractivity contribution is 6.31. The summed E-state index contributed by atoms with van der Waals surface area (Å²) in [7, 11) is 0. The fourth-order valence-electron chi connectivity index (χ4n) is 4.81. The molecule has 1 aliphatic carbocycles. The molecular formula is C26H33Cl2N. The van der Waals surface area contributed by atoms with Gasteiger partial charge in [0.25, 0.3) is 0 Å². The molecule has 1 fully saturated rings. The quantitative estimate of drug-likeness (QED) is 0.458. The minimum Gasteiger partial charge on any atom is -0.299 e. The molecule has 0 radical (unpaired) electrons. The van der Waals surface area contributed by atoms with E-state index >= 15 is 0 Å². The van der Waals surface area contributed by atoms with Crippen LogP contribution >= 0.6 is 24.0 Å². The van der Waals surface area contributed by atoms with Gasteiger partial charge in [-0.2, -0.15) is 0 Å². The third-order valence-corrected chi connectivity index (χ3v) is 6.81. The summed E-state index contributed by atoms with van der Waals surface area (Å²) >= 11 is 6.65. The van der Waals surface area contributed by atoms with Gasteiger partial charge in [0.1, 0.15) is 0 Å². The monoisotopic (exact) mass is 429 g/mol. The molecule has 0 aromatic heterocycles. The Kier molecular flexibility index (Phi) is 8.66. The number of rotatable bonds is 6. The van der Waals surface area contributed by atoms with Gasteiger partial charge in [-0.3, -0.25) is 4.90 Å². The number of hydrogen-bond acceptors (Lipinski definition) is 1. The van der Waals surface area contributed by atoms with Crippen LogP contribution < -0.4 is 0 Å². The molecule has 1 saturated carbocycles. The van der Waals surface area contributed by atoms with E-state index in [0.717, 1.165) is 24.4 Å². The van der Waals surface area contributed by atoms with Crippen molar-refractivity contribution in [3.63, 3.8) is 0 Å². The zero-order chi connectivity index (χ0) is 19.2. The zero-order valence-corrected chi connectivity index (χ0v) is 18.9. The second-order valence-electron chi connectivity index (χ2n) is 8.44. The summed E-state index contributed by atoms with van der Waals surface area (Å²) in [6, 6.07) is 17.7.